The second kappa shape index (κ2) is 9.24. The van der Waals surface area contributed by atoms with Gasteiger partial charge in [0.05, 0.1) is 19.8 Å². The Kier molecular flexibility index (Phi) is 7.32. The van der Waals surface area contributed by atoms with Crippen LogP contribution in [0.3, 0.4) is 0 Å². The third kappa shape index (κ3) is 6.70. The molecule has 18 heavy (non-hydrogen) atoms. The van der Waals surface area contributed by atoms with Crippen LogP contribution in [-0.4, -0.2) is 26.0 Å². The maximum absolute atomic E-state index is 10.8. The van der Waals surface area contributed by atoms with E-state index in [9.17, 15) is 4.79 Å². The summed E-state index contributed by atoms with van der Waals surface area (Å²) in [5.74, 6) is 0. The van der Waals surface area contributed by atoms with Crippen molar-refractivity contribution in [3.05, 3.63) is 48.0 Å². The third-order valence-corrected chi connectivity index (χ3v) is 2.05. The van der Waals surface area contributed by atoms with Gasteiger partial charge in [0.15, 0.2) is 0 Å². The van der Waals surface area contributed by atoms with Gasteiger partial charge in [-0.25, -0.2) is 4.79 Å². The number of carbonyl (C=O) groups excluding carboxylic acids is 1. The molecule has 98 valence electrons. The molecule has 0 spiro atoms. The van der Waals surface area contributed by atoms with E-state index in [-0.39, 0.29) is 6.61 Å². The number of hydrogen-bond acceptors (Lipinski definition) is 4. The summed E-state index contributed by atoms with van der Waals surface area (Å²) in [6.07, 6.45) is 2.89. The monoisotopic (exact) mass is 250 g/mol. The number of benzene rings is 1. The van der Waals surface area contributed by atoms with Gasteiger partial charge in [0, 0.05) is 0 Å². The van der Waals surface area contributed by atoms with E-state index in [1.165, 1.54) is 0 Å². The van der Waals surface area contributed by atoms with E-state index in [4.69, 9.17) is 9.47 Å². The molecule has 0 aliphatic rings. The quantitative estimate of drug-likeness (QED) is 0.424. The Morgan fingerprint density at radius 2 is 1.83 bits per heavy atom. The van der Waals surface area contributed by atoms with Gasteiger partial charge >= 0.3 is 6.16 Å². The van der Waals surface area contributed by atoms with E-state index in [1.807, 2.05) is 36.4 Å². The van der Waals surface area contributed by atoms with Gasteiger partial charge in [0.25, 0.3) is 0 Å². The minimum atomic E-state index is -0.646. The minimum absolute atomic E-state index is 0.202. The summed E-state index contributed by atoms with van der Waals surface area (Å²) >= 11 is 0. The largest absolute Gasteiger partial charge is 0.508 e. The highest BCUT2D eigenvalue weighted by Gasteiger charge is 1.97. The lowest BCUT2D eigenvalue weighted by atomic mass is 10.2. The Morgan fingerprint density at radius 3 is 2.56 bits per heavy atom. The van der Waals surface area contributed by atoms with Gasteiger partial charge in [0.1, 0.15) is 6.61 Å². The smallest absolute Gasteiger partial charge is 0.435 e. The fraction of sp³-hybridized carbons (Fsp3) is 0.357. The van der Waals surface area contributed by atoms with Crippen molar-refractivity contribution >= 4 is 6.16 Å². The van der Waals surface area contributed by atoms with Crippen LogP contribution in [0.15, 0.2) is 42.5 Å². The Labute approximate surface area is 107 Å². The van der Waals surface area contributed by atoms with Gasteiger partial charge in [-0.1, -0.05) is 36.4 Å². The van der Waals surface area contributed by atoms with Crippen molar-refractivity contribution in [3.8, 4) is 0 Å². The van der Waals surface area contributed by atoms with Crippen molar-refractivity contribution in [1.29, 1.82) is 0 Å². The van der Waals surface area contributed by atoms with Crippen LogP contribution in [0.4, 0.5) is 4.79 Å². The first-order valence-corrected chi connectivity index (χ1v) is 5.89. The lowest BCUT2D eigenvalue weighted by Gasteiger charge is -2.02. The number of ether oxygens (including phenoxy) is 3. The van der Waals surface area contributed by atoms with Crippen molar-refractivity contribution in [2.75, 3.05) is 19.8 Å². The van der Waals surface area contributed by atoms with E-state index >= 15 is 0 Å². The first kappa shape index (κ1) is 14.3. The van der Waals surface area contributed by atoms with E-state index in [0.29, 0.717) is 19.8 Å². The Morgan fingerprint density at radius 1 is 1.11 bits per heavy atom. The molecule has 0 radical (unpaired) electrons. The van der Waals surface area contributed by atoms with Crippen molar-refractivity contribution in [2.45, 2.75) is 13.5 Å². The molecular formula is C14H18O4. The number of hydrogen-bond donors (Lipinski definition) is 0. The molecule has 0 unspecified atom stereocenters. The predicted molar refractivity (Wildman–Crippen MR) is 68.2 cm³/mol. The molecule has 0 aliphatic heterocycles. The molecule has 0 fully saturated rings. The Hall–Kier alpha value is -1.81. The molecule has 0 atom stereocenters. The number of rotatable bonds is 7. The molecular weight excluding hydrogens is 232 g/mol. The molecule has 0 bridgehead atoms. The normalized spacial score (nSPS) is 10.5. The maximum atomic E-state index is 10.8. The highest BCUT2D eigenvalue weighted by molar-refractivity contribution is 5.59. The second-order valence-electron chi connectivity index (χ2n) is 3.47. The lowest BCUT2D eigenvalue weighted by molar-refractivity contribution is 0.0671. The van der Waals surface area contributed by atoms with E-state index in [2.05, 4.69) is 4.74 Å². The average molecular weight is 250 g/mol. The summed E-state index contributed by atoms with van der Waals surface area (Å²) in [7, 11) is 0. The molecule has 1 aromatic rings. The van der Waals surface area contributed by atoms with Gasteiger partial charge in [-0.3, -0.25) is 0 Å². The van der Waals surface area contributed by atoms with E-state index < -0.39 is 6.16 Å². The van der Waals surface area contributed by atoms with Crippen molar-refractivity contribution in [1.82, 2.24) is 0 Å². The summed E-state index contributed by atoms with van der Waals surface area (Å²) < 4.78 is 14.8. The van der Waals surface area contributed by atoms with Gasteiger partial charge in [-0.2, -0.15) is 0 Å². The van der Waals surface area contributed by atoms with E-state index in [1.54, 1.807) is 13.0 Å². The van der Waals surface area contributed by atoms with Crippen LogP contribution in [0.2, 0.25) is 0 Å². The van der Waals surface area contributed by atoms with Crippen LogP contribution < -0.4 is 0 Å². The first-order chi connectivity index (χ1) is 8.83. The van der Waals surface area contributed by atoms with Crippen molar-refractivity contribution in [3.63, 3.8) is 0 Å². The highest BCUT2D eigenvalue weighted by atomic mass is 16.7. The van der Waals surface area contributed by atoms with Crippen molar-refractivity contribution in [2.24, 2.45) is 0 Å². The second-order valence-corrected chi connectivity index (χ2v) is 3.47. The summed E-state index contributed by atoms with van der Waals surface area (Å²) in [6, 6.07) is 9.93. The fourth-order valence-electron chi connectivity index (χ4n) is 1.23. The summed E-state index contributed by atoms with van der Waals surface area (Å²) in [4.78, 5) is 10.8. The molecule has 0 saturated heterocycles. The highest BCUT2D eigenvalue weighted by Crippen LogP contribution is 2.00. The molecule has 0 heterocycles. The zero-order valence-corrected chi connectivity index (χ0v) is 10.5. The van der Waals surface area contributed by atoms with Crippen LogP contribution in [0, 0.1) is 0 Å². The molecule has 4 nitrogen and oxygen atoms in total. The topological polar surface area (TPSA) is 44.8 Å². The zero-order valence-electron chi connectivity index (χ0n) is 10.5. The molecule has 4 heteroatoms. The standard InChI is InChI=1S/C14H18O4/c1-2-17-14(15)18-11-7-6-10-16-12-13-8-4-3-5-9-13/h3-9H,2,10-12H2,1H3/b7-6-. The molecule has 0 amide bonds. The SMILES string of the molecule is CCOC(=O)OC/C=C\COCc1ccccc1. The minimum Gasteiger partial charge on any atom is -0.435 e. The molecule has 0 N–H and O–H groups in total. The fourth-order valence-corrected chi connectivity index (χ4v) is 1.23. The molecule has 1 aromatic carbocycles. The first-order valence-electron chi connectivity index (χ1n) is 5.89. The van der Waals surface area contributed by atoms with Gasteiger partial charge in [-0.15, -0.1) is 0 Å². The Bertz CT molecular complexity index is 359. The zero-order chi connectivity index (χ0) is 13.1. The van der Waals surface area contributed by atoms with Crippen molar-refractivity contribution < 1.29 is 19.0 Å². The third-order valence-electron chi connectivity index (χ3n) is 2.05. The summed E-state index contributed by atoms with van der Waals surface area (Å²) in [6.45, 7) is 3.32. The molecule has 0 saturated carbocycles. The Balaban J connectivity index is 2.02. The van der Waals surface area contributed by atoms with Crippen LogP contribution in [0.5, 0.6) is 0 Å². The predicted octanol–water partition coefficient (Wildman–Crippen LogP) is 2.93. The molecule has 1 rings (SSSR count). The molecule has 0 aromatic heterocycles. The van der Waals surface area contributed by atoms with Crippen LogP contribution >= 0.6 is 0 Å². The van der Waals surface area contributed by atoms with Gasteiger partial charge in [-0.05, 0) is 18.6 Å². The van der Waals surface area contributed by atoms with Gasteiger partial charge < -0.3 is 14.2 Å². The van der Waals surface area contributed by atoms with Crippen LogP contribution in [-0.2, 0) is 20.8 Å². The lowest BCUT2D eigenvalue weighted by Crippen LogP contribution is -2.06. The van der Waals surface area contributed by atoms with Gasteiger partial charge in [0.2, 0.25) is 0 Å². The number of carbonyl (C=O) groups is 1. The van der Waals surface area contributed by atoms with E-state index in [0.717, 1.165) is 5.56 Å². The summed E-state index contributed by atoms with van der Waals surface area (Å²) in [5, 5.41) is 0. The van der Waals surface area contributed by atoms with Crippen LogP contribution in [0.25, 0.3) is 0 Å². The average Bonchev–Trinajstić information content (AvgIpc) is 2.39. The van der Waals surface area contributed by atoms with Crippen LogP contribution in [0.1, 0.15) is 12.5 Å². The maximum Gasteiger partial charge on any atom is 0.508 e. The summed E-state index contributed by atoms with van der Waals surface area (Å²) in [5.41, 5.74) is 1.13. The molecule has 0 aliphatic carbocycles.